The fraction of sp³-hybridized carbons (Fsp3) is 0.714. The molecule has 0 bridgehead atoms. The van der Waals surface area contributed by atoms with E-state index in [1.54, 1.807) is 6.92 Å². The summed E-state index contributed by atoms with van der Waals surface area (Å²) < 4.78 is 208. The van der Waals surface area contributed by atoms with Gasteiger partial charge in [0, 0.05) is 12.8 Å². The predicted molar refractivity (Wildman–Crippen MR) is 309 cm³/mol. The second kappa shape index (κ2) is 191. The van der Waals surface area contributed by atoms with Crippen LogP contribution in [0.5, 0.6) is 0 Å². The van der Waals surface area contributed by atoms with Crippen molar-refractivity contribution in [3.05, 3.63) is 119 Å². The van der Waals surface area contributed by atoms with Gasteiger partial charge in [0.05, 0.1) is 32.4 Å². The summed E-state index contributed by atoms with van der Waals surface area (Å²) in [6, 6.07) is 0. The number of halogens is 18. The zero-order valence-corrected chi connectivity index (χ0v) is 68.9. The number of hydrogen-bond acceptors (Lipinski definition) is 0. The summed E-state index contributed by atoms with van der Waals surface area (Å²) >= 11 is 0. The fourth-order valence-electron chi connectivity index (χ4n) is 3.03. The van der Waals surface area contributed by atoms with Crippen molar-refractivity contribution in [3.8, 4) is 0 Å². The second-order valence-electron chi connectivity index (χ2n) is 12.7. The first kappa shape index (κ1) is 213. The van der Waals surface area contributed by atoms with Crippen LogP contribution in [0.25, 0.3) is 0 Å². The first-order chi connectivity index (χ1) is 27.2. The molecule has 0 heterocycles. The van der Waals surface area contributed by atoms with E-state index < -0.39 is 102 Å². The van der Waals surface area contributed by atoms with Gasteiger partial charge in [-0.3, -0.25) is 13.2 Å². The van der Waals surface area contributed by atoms with E-state index in [1.807, 2.05) is 27.7 Å². The molecule has 0 saturated carbocycles. The van der Waals surface area contributed by atoms with Gasteiger partial charge in [-0.2, -0.15) is 0 Å². The van der Waals surface area contributed by atoms with Gasteiger partial charge >= 0.3 is 156 Å². The number of unbranched alkanes of at least 4 members (excludes halogenated alkanes) is 4. The molecule has 0 amide bonds. The maximum atomic E-state index is 12.0. The van der Waals surface area contributed by atoms with Gasteiger partial charge in [0.15, 0.2) is 18.5 Å². The number of hydrogen-bond donors (Lipinski definition) is 0. The van der Waals surface area contributed by atoms with Crippen molar-refractivity contribution < 1.29 is 235 Å². The van der Waals surface area contributed by atoms with E-state index in [4.69, 9.17) is 0 Å². The molecule has 0 saturated heterocycles. The van der Waals surface area contributed by atoms with Crippen LogP contribution in [-0.2, 0) is 156 Å². The zero-order valence-electron chi connectivity index (χ0n) is 55.0. The van der Waals surface area contributed by atoms with E-state index in [9.17, 15) is 79.0 Å². The third kappa shape index (κ3) is 262. The molecule has 8 atom stereocenters. The van der Waals surface area contributed by atoms with Crippen molar-refractivity contribution in [3.63, 3.8) is 0 Å². The summed E-state index contributed by atoms with van der Waals surface area (Å²) in [7, 11) is 0. The van der Waals surface area contributed by atoms with Gasteiger partial charge in [0.25, 0.3) is 0 Å². The third-order valence-corrected chi connectivity index (χ3v) is 6.33. The first-order valence-corrected chi connectivity index (χ1v) is 20.1. The van der Waals surface area contributed by atoms with Crippen LogP contribution in [0.4, 0.5) is 79.0 Å². The first-order valence-electron chi connectivity index (χ1n) is 20.1. The van der Waals surface area contributed by atoms with Crippen LogP contribution in [0, 0.1) is 119 Å². The molecule has 0 nitrogen and oxygen atoms in total. The van der Waals surface area contributed by atoms with E-state index >= 15 is 0 Å². The summed E-state index contributed by atoms with van der Waals surface area (Å²) in [4.78, 5) is 0. The maximum absolute atomic E-state index is 12.0. The predicted octanol–water partition coefficient (Wildman–Crippen LogP) is 23.8. The Kier molecular flexibility index (Phi) is 497. The van der Waals surface area contributed by atoms with Crippen molar-refractivity contribution >= 4 is 0 Å². The molecule has 0 aromatic rings. The van der Waals surface area contributed by atoms with Crippen LogP contribution in [0.3, 0.4) is 0 Å². The van der Waals surface area contributed by atoms with Gasteiger partial charge in [0.2, 0.25) is 0 Å². The minimum absolute atomic E-state index is 0. The molecule has 26 heteroatoms. The Morgan fingerprint density at radius 2 is 0.500 bits per heavy atom. The van der Waals surface area contributed by atoms with Crippen molar-refractivity contribution in [2.75, 3.05) is 53.4 Å². The molecule has 0 spiro atoms. The molecule has 0 aliphatic carbocycles. The Hall–Kier alpha value is 3.73. The van der Waals surface area contributed by atoms with Crippen LogP contribution < -0.4 is 0 Å². The maximum Gasteiger partial charge on any atom is 2.00 e. The van der Waals surface area contributed by atoms with Gasteiger partial charge in [0.1, 0.15) is 64.2 Å². The number of alkyl halides is 18. The minimum Gasteiger partial charge on any atom is -0.358 e. The SMILES string of the molecule is CC(F)CC(C)F.CCC(F)CC.CCCC(C)F.CCCC(F)CF.CCCCCF.FCC(F)C(F)C(F)CF.FCC(F)CC(F)CF.FCCCCCF.[CH3-].[CH3-].[CH3-].[CH3-].[CH3-].[CH3-].[CH3-].[CH3-].[CH3-].[CH3-].[CH3-].[CH3-].[CH3-].[CH3-].[CH3-].[CH3-].[Ru+2].[Ru+2].[Ru+2].[Ru+2].[Ru+2].[Ru+2].[Ru+2].[Ru+2]. The normalized spacial score (nSPS) is 10.4. The summed E-state index contributed by atoms with van der Waals surface area (Å²) in [6.45, 7) is 6.59. The van der Waals surface area contributed by atoms with Crippen molar-refractivity contribution in [2.24, 2.45) is 0 Å². The molecular formula is C56H126F18Ru8. The Balaban J connectivity index is -0.0000000112. The molecule has 0 fully saturated rings. The summed E-state index contributed by atoms with van der Waals surface area (Å²) in [5.74, 6) is 0. The van der Waals surface area contributed by atoms with E-state index in [0.29, 0.717) is 44.9 Å². The van der Waals surface area contributed by atoms with Crippen molar-refractivity contribution in [2.45, 2.75) is 207 Å². The summed E-state index contributed by atoms with van der Waals surface area (Å²) in [5.41, 5.74) is 0. The topological polar surface area (TPSA) is 0 Å². The average molecular weight is 1950 g/mol. The molecule has 8 unspecified atom stereocenters. The van der Waals surface area contributed by atoms with Crippen LogP contribution in [0.1, 0.15) is 145 Å². The van der Waals surface area contributed by atoms with Gasteiger partial charge in [-0.15, -0.1) is 0 Å². The molecule has 0 radical (unpaired) electrons. The molecule has 0 aromatic carbocycles. The Morgan fingerprint density at radius 3 is 0.598 bits per heavy atom. The zero-order chi connectivity index (χ0) is 47.3. The fourth-order valence-corrected chi connectivity index (χ4v) is 3.03. The molecule has 0 N–H and O–H groups in total. The van der Waals surface area contributed by atoms with Gasteiger partial charge in [-0.1, -0.05) is 60.3 Å². The minimum atomic E-state index is -2.69. The summed E-state index contributed by atoms with van der Waals surface area (Å²) in [6.07, 6.45) is -7.82. The van der Waals surface area contributed by atoms with Crippen molar-refractivity contribution in [1.82, 2.24) is 0 Å². The smallest absolute Gasteiger partial charge is 0.358 e. The molecule has 0 aromatic heterocycles. The standard InChI is InChI=1S/C5H7F5.C5H8F4.3C5H10F2.3C5H11F.16CH3.8Ru/c6-1-3(8)5(10)4(9)2-7;6-2-4(8)1-5(9)3-7;1-4(6)3-5(2)7;1-2-3-5(7)4-6;6-4-2-1-3-5-7;1-3-4-5(2)6;1-3-5(6)4-2;1-2-3-4-5-6;;;;;;;;;;;;;;;;;;;;;;;;/h3-5H,1-2H2;4-5H,1-3H2;4-5H,3H2,1-2H3;5H,2-4H2,1H3;1-5H2;2*5H,3-4H2,1-2H3;2-5H2,1H3;16*1H3;;;;;;;;/q;;;;;;;;16*-1;8*+2. The second-order valence-corrected chi connectivity index (χ2v) is 12.7. The number of rotatable bonds is 24. The van der Waals surface area contributed by atoms with E-state index in [1.165, 1.54) is 13.8 Å². The van der Waals surface area contributed by atoms with Gasteiger partial charge in [-0.05, 0) is 72.1 Å². The average Bonchev–Trinajstić information content (AvgIpc) is 3.19. The Morgan fingerprint density at radius 1 is 0.256 bits per heavy atom. The molecule has 540 valence electrons. The Bertz CT molecular complexity index is 648. The van der Waals surface area contributed by atoms with E-state index in [-0.39, 0.29) is 301 Å². The van der Waals surface area contributed by atoms with Gasteiger partial charge in [-0.25, -0.2) is 65.9 Å². The van der Waals surface area contributed by atoms with Crippen LogP contribution in [0.15, 0.2) is 0 Å². The molecular weight excluding hydrogens is 1820 g/mol. The van der Waals surface area contributed by atoms with E-state index in [2.05, 4.69) is 6.92 Å². The van der Waals surface area contributed by atoms with E-state index in [0.717, 1.165) is 32.1 Å². The third-order valence-electron chi connectivity index (χ3n) is 6.33. The largest absolute Gasteiger partial charge is 2.00 e. The molecule has 0 rings (SSSR count). The van der Waals surface area contributed by atoms with Crippen LogP contribution in [0.2, 0.25) is 0 Å². The molecule has 82 heavy (non-hydrogen) atoms. The van der Waals surface area contributed by atoms with Crippen LogP contribution in [-0.4, -0.2) is 115 Å². The molecule has 0 aliphatic rings. The quantitative estimate of drug-likeness (QED) is 0.0391. The Labute approximate surface area is 608 Å². The monoisotopic (exact) mass is 1960 g/mol. The molecule has 0 aliphatic heterocycles. The van der Waals surface area contributed by atoms with Gasteiger partial charge < -0.3 is 119 Å². The van der Waals surface area contributed by atoms with Crippen molar-refractivity contribution in [1.29, 1.82) is 0 Å². The summed E-state index contributed by atoms with van der Waals surface area (Å²) in [5, 5.41) is 0. The van der Waals surface area contributed by atoms with Crippen LogP contribution >= 0.6 is 0 Å².